The summed E-state index contributed by atoms with van der Waals surface area (Å²) >= 11 is 3.57. The lowest BCUT2D eigenvalue weighted by Gasteiger charge is -2.19. The maximum absolute atomic E-state index is 12.0. The SMILES string of the molecule is CC(C)(C)CC(=O)C[C@@H](Cc1ccccc1)C(=O)OS. The van der Waals surface area contributed by atoms with E-state index in [-0.39, 0.29) is 17.6 Å². The van der Waals surface area contributed by atoms with Gasteiger partial charge in [-0.15, -0.1) is 0 Å². The topological polar surface area (TPSA) is 43.4 Å². The average molecular weight is 294 g/mol. The molecular formula is C16H22O3S. The normalized spacial score (nSPS) is 12.8. The van der Waals surface area contributed by atoms with Gasteiger partial charge in [0.05, 0.1) is 5.92 Å². The molecule has 0 aliphatic rings. The Morgan fingerprint density at radius 1 is 1.20 bits per heavy atom. The number of thiol groups is 1. The van der Waals surface area contributed by atoms with E-state index in [4.69, 9.17) is 0 Å². The van der Waals surface area contributed by atoms with Crippen molar-refractivity contribution in [3.8, 4) is 0 Å². The number of ketones is 1. The molecule has 4 heteroatoms. The summed E-state index contributed by atoms with van der Waals surface area (Å²) in [6.07, 6.45) is 1.15. The minimum Gasteiger partial charge on any atom is -0.394 e. The van der Waals surface area contributed by atoms with Crippen LogP contribution in [0.2, 0.25) is 0 Å². The van der Waals surface area contributed by atoms with E-state index < -0.39 is 11.9 Å². The summed E-state index contributed by atoms with van der Waals surface area (Å²) in [6, 6.07) is 9.62. The molecule has 0 N–H and O–H groups in total. The highest BCUT2D eigenvalue weighted by molar-refractivity contribution is 7.75. The van der Waals surface area contributed by atoms with E-state index in [9.17, 15) is 9.59 Å². The molecule has 0 radical (unpaired) electrons. The summed E-state index contributed by atoms with van der Waals surface area (Å²) in [5.74, 6) is -0.832. The largest absolute Gasteiger partial charge is 0.394 e. The molecule has 0 unspecified atom stereocenters. The van der Waals surface area contributed by atoms with Crippen LogP contribution in [-0.4, -0.2) is 11.8 Å². The molecule has 0 spiro atoms. The fourth-order valence-corrected chi connectivity index (χ4v) is 2.30. The maximum atomic E-state index is 12.0. The second-order valence-electron chi connectivity index (χ2n) is 6.28. The van der Waals surface area contributed by atoms with Crippen LogP contribution in [0.5, 0.6) is 0 Å². The lowest BCUT2D eigenvalue weighted by atomic mass is 9.85. The van der Waals surface area contributed by atoms with Crippen LogP contribution in [0.1, 0.15) is 39.2 Å². The fraction of sp³-hybridized carbons (Fsp3) is 0.500. The van der Waals surface area contributed by atoms with Crippen molar-refractivity contribution in [2.45, 2.75) is 40.0 Å². The van der Waals surface area contributed by atoms with Crippen LogP contribution in [0.4, 0.5) is 0 Å². The fourth-order valence-electron chi connectivity index (χ4n) is 2.15. The second-order valence-corrected chi connectivity index (χ2v) is 6.46. The van der Waals surface area contributed by atoms with Crippen LogP contribution < -0.4 is 0 Å². The third-order valence-corrected chi connectivity index (χ3v) is 3.13. The van der Waals surface area contributed by atoms with Gasteiger partial charge in [-0.1, -0.05) is 51.1 Å². The van der Waals surface area contributed by atoms with Gasteiger partial charge in [0.15, 0.2) is 0 Å². The molecule has 110 valence electrons. The van der Waals surface area contributed by atoms with Crippen molar-refractivity contribution in [2.75, 3.05) is 0 Å². The average Bonchev–Trinajstić information content (AvgIpc) is 2.36. The highest BCUT2D eigenvalue weighted by Gasteiger charge is 2.25. The molecule has 1 aromatic rings. The van der Waals surface area contributed by atoms with Crippen LogP contribution in [0, 0.1) is 11.3 Å². The molecule has 0 aromatic heterocycles. The molecule has 0 fully saturated rings. The highest BCUT2D eigenvalue weighted by Crippen LogP contribution is 2.23. The molecule has 20 heavy (non-hydrogen) atoms. The van der Waals surface area contributed by atoms with E-state index in [0.717, 1.165) is 5.56 Å². The maximum Gasteiger partial charge on any atom is 0.321 e. The monoisotopic (exact) mass is 294 g/mol. The minimum atomic E-state index is -0.468. The quantitative estimate of drug-likeness (QED) is 0.643. The first-order valence-corrected chi connectivity index (χ1v) is 7.09. The Balaban J connectivity index is 2.70. The third-order valence-electron chi connectivity index (χ3n) is 2.95. The van der Waals surface area contributed by atoms with E-state index in [1.54, 1.807) is 0 Å². The van der Waals surface area contributed by atoms with Gasteiger partial charge in [-0.05, 0) is 17.4 Å². The van der Waals surface area contributed by atoms with E-state index in [1.165, 1.54) is 0 Å². The van der Waals surface area contributed by atoms with Gasteiger partial charge in [0.1, 0.15) is 5.78 Å². The first-order chi connectivity index (χ1) is 9.31. The predicted octanol–water partition coefficient (Wildman–Crippen LogP) is 3.63. The molecule has 0 saturated carbocycles. The predicted molar refractivity (Wildman–Crippen MR) is 82.4 cm³/mol. The van der Waals surface area contributed by atoms with Crippen molar-refractivity contribution < 1.29 is 13.8 Å². The number of benzene rings is 1. The van der Waals surface area contributed by atoms with Crippen molar-refractivity contribution >= 4 is 24.7 Å². The van der Waals surface area contributed by atoms with Gasteiger partial charge >= 0.3 is 5.97 Å². The Morgan fingerprint density at radius 3 is 2.30 bits per heavy atom. The van der Waals surface area contributed by atoms with Crippen molar-refractivity contribution in [3.05, 3.63) is 35.9 Å². The molecule has 0 amide bonds. The Hall–Kier alpha value is -1.29. The Labute approximate surface area is 126 Å². The van der Waals surface area contributed by atoms with Crippen molar-refractivity contribution in [1.82, 2.24) is 0 Å². The number of rotatable bonds is 6. The summed E-state index contributed by atoms with van der Waals surface area (Å²) in [5, 5.41) is 0. The third kappa shape index (κ3) is 6.24. The molecule has 0 aliphatic heterocycles. The summed E-state index contributed by atoms with van der Waals surface area (Å²) in [6.45, 7) is 6.02. The molecule has 1 rings (SSSR count). The van der Waals surface area contributed by atoms with Crippen molar-refractivity contribution in [3.63, 3.8) is 0 Å². The van der Waals surface area contributed by atoms with E-state index in [2.05, 4.69) is 17.1 Å². The van der Waals surface area contributed by atoms with Crippen LogP contribution >= 0.6 is 12.9 Å². The van der Waals surface area contributed by atoms with Gasteiger partial charge in [-0.2, -0.15) is 0 Å². The summed E-state index contributed by atoms with van der Waals surface area (Å²) in [7, 11) is 0. The van der Waals surface area contributed by atoms with Gasteiger partial charge < -0.3 is 4.18 Å². The van der Waals surface area contributed by atoms with E-state index in [1.807, 2.05) is 51.1 Å². The van der Waals surface area contributed by atoms with Crippen LogP contribution in [0.25, 0.3) is 0 Å². The molecule has 0 aliphatic carbocycles. The lowest BCUT2D eigenvalue weighted by Crippen LogP contribution is -2.23. The summed E-state index contributed by atoms with van der Waals surface area (Å²) in [4.78, 5) is 23.8. The molecule has 0 bridgehead atoms. The standard InChI is InChI=1S/C16H22O3S/c1-16(2,3)11-14(17)10-13(15(18)19-20)9-12-7-5-4-6-8-12/h4-8,13,20H,9-11H2,1-3H3/t13-/m1/s1. The zero-order chi connectivity index (χ0) is 15.2. The number of hydrogen-bond acceptors (Lipinski definition) is 4. The van der Waals surface area contributed by atoms with E-state index in [0.29, 0.717) is 12.8 Å². The van der Waals surface area contributed by atoms with Gasteiger partial charge in [0.25, 0.3) is 0 Å². The minimum absolute atomic E-state index is 0.0702. The van der Waals surface area contributed by atoms with Gasteiger partial charge in [0, 0.05) is 25.8 Å². The van der Waals surface area contributed by atoms with Crippen molar-refractivity contribution in [2.24, 2.45) is 11.3 Å². The van der Waals surface area contributed by atoms with Crippen molar-refractivity contribution in [1.29, 1.82) is 0 Å². The Morgan fingerprint density at radius 2 is 1.80 bits per heavy atom. The second kappa shape index (κ2) is 7.48. The molecule has 1 atom stereocenters. The number of carbonyl (C=O) groups is 2. The summed E-state index contributed by atoms with van der Waals surface area (Å²) in [5.41, 5.74) is 0.944. The zero-order valence-corrected chi connectivity index (χ0v) is 13.2. The molecule has 0 saturated heterocycles. The smallest absolute Gasteiger partial charge is 0.321 e. The first kappa shape index (κ1) is 16.8. The number of carbonyl (C=O) groups excluding carboxylic acids is 2. The first-order valence-electron chi connectivity index (χ1n) is 6.73. The van der Waals surface area contributed by atoms with E-state index >= 15 is 0 Å². The summed E-state index contributed by atoms with van der Waals surface area (Å²) < 4.78 is 4.52. The van der Waals surface area contributed by atoms with Crippen LogP contribution in [0.15, 0.2) is 30.3 Å². The lowest BCUT2D eigenvalue weighted by molar-refractivity contribution is -0.140. The molecular weight excluding hydrogens is 272 g/mol. The molecule has 0 heterocycles. The Bertz CT molecular complexity index is 449. The number of Topliss-reactive ketones (excluding diaryl/α,β-unsaturated/α-hetero) is 1. The van der Waals surface area contributed by atoms with Gasteiger partial charge in [0.2, 0.25) is 0 Å². The zero-order valence-electron chi connectivity index (χ0n) is 12.3. The highest BCUT2D eigenvalue weighted by atomic mass is 32.1. The van der Waals surface area contributed by atoms with Crippen LogP contribution in [-0.2, 0) is 20.2 Å². The molecule has 3 nitrogen and oxygen atoms in total. The Kier molecular flexibility index (Phi) is 6.27. The van der Waals surface area contributed by atoms with Gasteiger partial charge in [-0.3, -0.25) is 9.59 Å². The molecule has 1 aromatic carbocycles. The van der Waals surface area contributed by atoms with Gasteiger partial charge in [-0.25, -0.2) is 0 Å². The number of hydrogen-bond donors (Lipinski definition) is 1. The van der Waals surface area contributed by atoms with Crippen LogP contribution in [0.3, 0.4) is 0 Å².